The van der Waals surface area contributed by atoms with E-state index in [4.69, 9.17) is 0 Å². The summed E-state index contributed by atoms with van der Waals surface area (Å²) in [5.41, 5.74) is -0.522. The van der Waals surface area contributed by atoms with Crippen molar-refractivity contribution in [3.8, 4) is 0 Å². The number of imide groups is 1. The number of carbonyl (C=O) groups excluding carboxylic acids is 3. The molecule has 1 aromatic rings. The van der Waals surface area contributed by atoms with Gasteiger partial charge in [0.2, 0.25) is 5.54 Å². The quantitative estimate of drug-likeness (QED) is 0.453. The lowest BCUT2D eigenvalue weighted by molar-refractivity contribution is -0.133. The van der Waals surface area contributed by atoms with Crippen molar-refractivity contribution in [1.29, 1.82) is 0 Å². The van der Waals surface area contributed by atoms with Gasteiger partial charge in [0.1, 0.15) is 0 Å². The van der Waals surface area contributed by atoms with Crippen LogP contribution < -0.4 is 15.5 Å². The minimum absolute atomic E-state index is 0.279. The van der Waals surface area contributed by atoms with Gasteiger partial charge < -0.3 is 10.2 Å². The van der Waals surface area contributed by atoms with Gasteiger partial charge in [0, 0.05) is 12.1 Å². The van der Waals surface area contributed by atoms with Crippen LogP contribution in [0, 0.1) is 0 Å². The van der Waals surface area contributed by atoms with Crippen LogP contribution in [0.2, 0.25) is 0 Å². The Labute approximate surface area is 109 Å². The van der Waals surface area contributed by atoms with Gasteiger partial charge in [-0.05, 0) is 6.07 Å². The van der Waals surface area contributed by atoms with Crippen LogP contribution in [0.3, 0.4) is 0 Å². The molecule has 4 amide bonds. The molecule has 2 heterocycles. The van der Waals surface area contributed by atoms with E-state index in [1.165, 1.54) is 4.90 Å². The normalized spacial score (nSPS) is 24.4. The number of carbonyl (C=O) groups is 3. The molecule has 2 aliphatic heterocycles. The maximum atomic E-state index is 12.5. The molecule has 1 atom stereocenters. The van der Waals surface area contributed by atoms with Gasteiger partial charge in [-0.2, -0.15) is 0 Å². The van der Waals surface area contributed by atoms with Gasteiger partial charge in [-0.1, -0.05) is 24.3 Å². The van der Waals surface area contributed by atoms with Gasteiger partial charge in [0.25, 0.3) is 11.8 Å². The Kier molecular flexibility index (Phi) is 2.22. The Morgan fingerprint density at radius 3 is 2.63 bits per heavy atom. The van der Waals surface area contributed by atoms with Gasteiger partial charge >= 0.3 is 6.03 Å². The van der Waals surface area contributed by atoms with Crippen LogP contribution in [-0.4, -0.2) is 24.4 Å². The standard InChI is InChI=1S/C13H11N3O3/c1-2-7-16-9-6-4-3-5-8(9)13(11(16)18)10(17)14-12(19)15-13/h2-6H,1,7H2,(H2,14,15,17,19). The zero-order chi connectivity index (χ0) is 13.6. The number of hydrogen-bond acceptors (Lipinski definition) is 3. The highest BCUT2D eigenvalue weighted by atomic mass is 16.2. The maximum Gasteiger partial charge on any atom is 0.323 e. The first-order valence-electron chi connectivity index (χ1n) is 5.77. The van der Waals surface area contributed by atoms with Crippen molar-refractivity contribution in [3.05, 3.63) is 42.5 Å². The summed E-state index contributed by atoms with van der Waals surface area (Å²) in [4.78, 5) is 37.4. The number of hydrogen-bond donors (Lipinski definition) is 2. The van der Waals surface area contributed by atoms with E-state index in [0.717, 1.165) is 0 Å². The number of anilines is 1. The molecule has 0 radical (unpaired) electrons. The zero-order valence-electron chi connectivity index (χ0n) is 9.97. The number of urea groups is 1. The zero-order valence-corrected chi connectivity index (χ0v) is 9.97. The fourth-order valence-corrected chi connectivity index (χ4v) is 2.56. The molecule has 0 aromatic heterocycles. The van der Waals surface area contributed by atoms with Crippen LogP contribution in [0.1, 0.15) is 5.56 Å². The number of benzene rings is 1. The summed E-state index contributed by atoms with van der Waals surface area (Å²) in [7, 11) is 0. The molecular weight excluding hydrogens is 246 g/mol. The average molecular weight is 257 g/mol. The van der Waals surface area contributed by atoms with Crippen LogP contribution in [0.25, 0.3) is 0 Å². The molecule has 2 N–H and O–H groups in total. The summed E-state index contributed by atoms with van der Waals surface area (Å²) in [5.74, 6) is -1.10. The highest BCUT2D eigenvalue weighted by Gasteiger charge is 2.60. The van der Waals surface area contributed by atoms with Crippen molar-refractivity contribution >= 4 is 23.5 Å². The van der Waals surface area contributed by atoms with Gasteiger partial charge in [-0.15, -0.1) is 6.58 Å². The Balaban J connectivity index is 2.23. The summed E-state index contributed by atoms with van der Waals surface area (Å²) in [6.45, 7) is 3.88. The SMILES string of the molecule is C=CCN1C(=O)C2(NC(=O)NC2=O)c2ccccc21. The molecule has 0 saturated carbocycles. The fourth-order valence-electron chi connectivity index (χ4n) is 2.56. The summed E-state index contributed by atoms with van der Waals surface area (Å²) in [6.07, 6.45) is 1.57. The van der Waals surface area contributed by atoms with Crippen molar-refractivity contribution in [2.24, 2.45) is 0 Å². The van der Waals surface area contributed by atoms with Gasteiger partial charge in [-0.25, -0.2) is 4.79 Å². The molecule has 1 saturated heterocycles. The number of amides is 4. The smallest absolute Gasteiger partial charge is 0.312 e. The summed E-state index contributed by atoms with van der Waals surface area (Å²) < 4.78 is 0. The Morgan fingerprint density at radius 2 is 2.00 bits per heavy atom. The first kappa shape index (κ1) is 11.5. The Morgan fingerprint density at radius 1 is 1.26 bits per heavy atom. The third-order valence-corrected chi connectivity index (χ3v) is 3.35. The number of fused-ring (bicyclic) bond motifs is 2. The van der Waals surface area contributed by atoms with E-state index in [9.17, 15) is 14.4 Å². The highest BCUT2D eigenvalue weighted by molar-refractivity contribution is 6.27. The van der Waals surface area contributed by atoms with Crippen LogP contribution in [0.4, 0.5) is 10.5 Å². The van der Waals surface area contributed by atoms with Crippen LogP contribution >= 0.6 is 0 Å². The molecule has 2 aliphatic rings. The van der Waals surface area contributed by atoms with Gasteiger partial charge in [0.05, 0.1) is 5.69 Å². The van der Waals surface area contributed by atoms with E-state index in [1.807, 2.05) is 0 Å². The second-order valence-electron chi connectivity index (χ2n) is 4.38. The van der Waals surface area contributed by atoms with Crippen molar-refractivity contribution in [1.82, 2.24) is 10.6 Å². The molecule has 1 unspecified atom stereocenters. The predicted molar refractivity (Wildman–Crippen MR) is 67.3 cm³/mol. The summed E-state index contributed by atoms with van der Waals surface area (Å²) in [6, 6.07) is 6.25. The topological polar surface area (TPSA) is 78.5 Å². The number of nitrogens with one attached hydrogen (secondary N) is 2. The first-order valence-corrected chi connectivity index (χ1v) is 5.77. The van der Waals surface area contributed by atoms with E-state index >= 15 is 0 Å². The maximum absolute atomic E-state index is 12.5. The second-order valence-corrected chi connectivity index (χ2v) is 4.38. The van der Waals surface area contributed by atoms with Crippen LogP contribution in [-0.2, 0) is 15.1 Å². The summed E-state index contributed by atoms with van der Waals surface area (Å²) in [5, 5.41) is 4.57. The van der Waals surface area contributed by atoms with Crippen molar-refractivity contribution in [2.75, 3.05) is 11.4 Å². The van der Waals surface area contributed by atoms with E-state index in [2.05, 4.69) is 17.2 Å². The second kappa shape index (κ2) is 3.68. The minimum Gasteiger partial charge on any atom is -0.312 e. The Hall–Kier alpha value is -2.63. The Bertz CT molecular complexity index is 625. The van der Waals surface area contributed by atoms with Gasteiger partial charge in [-0.3, -0.25) is 14.9 Å². The molecule has 3 rings (SSSR count). The largest absolute Gasteiger partial charge is 0.323 e. The number of rotatable bonds is 2. The molecule has 0 bridgehead atoms. The van der Waals surface area contributed by atoms with Crippen LogP contribution in [0.5, 0.6) is 0 Å². The molecule has 19 heavy (non-hydrogen) atoms. The number of para-hydroxylation sites is 1. The number of nitrogens with zero attached hydrogens (tertiary/aromatic N) is 1. The molecule has 6 nitrogen and oxygen atoms in total. The molecule has 0 aliphatic carbocycles. The van der Waals surface area contributed by atoms with E-state index in [0.29, 0.717) is 11.3 Å². The van der Waals surface area contributed by atoms with Crippen molar-refractivity contribution in [2.45, 2.75) is 5.54 Å². The van der Waals surface area contributed by atoms with Crippen molar-refractivity contribution in [3.63, 3.8) is 0 Å². The monoisotopic (exact) mass is 257 g/mol. The lowest BCUT2D eigenvalue weighted by Gasteiger charge is -2.20. The average Bonchev–Trinajstić information content (AvgIpc) is 2.82. The van der Waals surface area contributed by atoms with Crippen LogP contribution in [0.15, 0.2) is 36.9 Å². The van der Waals surface area contributed by atoms with E-state index in [1.54, 1.807) is 30.3 Å². The minimum atomic E-state index is -1.63. The fraction of sp³-hybridized carbons (Fsp3) is 0.154. The predicted octanol–water partition coefficient (Wildman–Crippen LogP) is 0.254. The molecule has 1 fully saturated rings. The third kappa shape index (κ3) is 1.28. The lowest BCUT2D eigenvalue weighted by atomic mass is 9.92. The highest BCUT2D eigenvalue weighted by Crippen LogP contribution is 2.41. The molecular formula is C13H11N3O3. The van der Waals surface area contributed by atoms with Crippen molar-refractivity contribution < 1.29 is 14.4 Å². The third-order valence-electron chi connectivity index (χ3n) is 3.35. The first-order chi connectivity index (χ1) is 9.11. The lowest BCUT2D eigenvalue weighted by Crippen LogP contribution is -2.52. The summed E-state index contributed by atoms with van der Waals surface area (Å²) >= 11 is 0. The van der Waals surface area contributed by atoms with E-state index < -0.39 is 23.4 Å². The van der Waals surface area contributed by atoms with Gasteiger partial charge in [0.15, 0.2) is 0 Å². The van der Waals surface area contributed by atoms with E-state index in [-0.39, 0.29) is 6.54 Å². The molecule has 1 spiro atoms. The molecule has 6 heteroatoms. The molecule has 96 valence electrons. The molecule has 1 aromatic carbocycles.